The van der Waals surface area contributed by atoms with Gasteiger partial charge in [0.05, 0.1) is 5.54 Å². The van der Waals surface area contributed by atoms with Gasteiger partial charge in [0.25, 0.3) is 0 Å². The number of carbonyl (C=O) groups is 1. The number of hydrogen-bond acceptors (Lipinski definition) is 3. The minimum absolute atomic E-state index is 0.230. The van der Waals surface area contributed by atoms with E-state index < -0.39 is 23.5 Å². The number of nitrogens with one attached hydrogen (secondary N) is 1. The van der Waals surface area contributed by atoms with Crippen LogP contribution in [0.1, 0.15) is 18.9 Å². The minimum Gasteiger partial charge on any atom is -0.339 e. The first-order valence-corrected chi connectivity index (χ1v) is 5.53. The summed E-state index contributed by atoms with van der Waals surface area (Å²) in [6.07, 6.45) is -4.56. The van der Waals surface area contributed by atoms with Crippen molar-refractivity contribution in [1.82, 2.24) is 10.3 Å². The third kappa shape index (κ3) is 2.77. The van der Waals surface area contributed by atoms with Crippen molar-refractivity contribution in [3.05, 3.63) is 16.6 Å². The van der Waals surface area contributed by atoms with Gasteiger partial charge in [-0.1, -0.05) is 0 Å². The second kappa shape index (κ2) is 4.45. The fourth-order valence-corrected chi connectivity index (χ4v) is 1.79. The first kappa shape index (κ1) is 14.8. The van der Waals surface area contributed by atoms with Crippen LogP contribution in [0.3, 0.4) is 0 Å². The summed E-state index contributed by atoms with van der Waals surface area (Å²) in [5.41, 5.74) is -1.40. The predicted octanol–water partition coefficient (Wildman–Crippen LogP) is 2.69. The van der Waals surface area contributed by atoms with Crippen LogP contribution in [-0.2, 0) is 10.3 Å². The number of alkyl halides is 5. The van der Waals surface area contributed by atoms with Crippen molar-refractivity contribution in [2.45, 2.75) is 31.5 Å². The molecule has 1 amide bonds. The summed E-state index contributed by atoms with van der Waals surface area (Å²) in [7, 11) is 0. The van der Waals surface area contributed by atoms with Crippen LogP contribution in [-0.4, -0.2) is 23.0 Å². The van der Waals surface area contributed by atoms with Gasteiger partial charge in [-0.05, 0) is 13.8 Å². The number of halogens is 5. The van der Waals surface area contributed by atoms with Gasteiger partial charge in [0, 0.05) is 11.6 Å². The largest absolute Gasteiger partial charge is 0.463 e. The smallest absolute Gasteiger partial charge is 0.339 e. The maximum absolute atomic E-state index is 12.7. The summed E-state index contributed by atoms with van der Waals surface area (Å²) in [6, 6.07) is 0. The molecule has 0 spiro atoms. The van der Waals surface area contributed by atoms with Crippen molar-refractivity contribution >= 4 is 17.2 Å². The highest BCUT2D eigenvalue weighted by atomic mass is 32.1. The third-order valence-corrected chi connectivity index (χ3v) is 3.13. The lowest BCUT2D eigenvalue weighted by Gasteiger charge is -2.27. The molecule has 0 saturated heterocycles. The van der Waals surface area contributed by atoms with Crippen LogP contribution in [0.4, 0.5) is 22.0 Å². The van der Waals surface area contributed by atoms with Crippen molar-refractivity contribution in [3.63, 3.8) is 0 Å². The molecular formula is C9H9F5N2OS. The van der Waals surface area contributed by atoms with E-state index in [2.05, 4.69) is 4.98 Å². The lowest BCUT2D eigenvalue weighted by molar-refractivity contribution is -0.270. The second-order valence-corrected chi connectivity index (χ2v) is 4.88. The number of rotatable bonds is 3. The first-order valence-electron chi connectivity index (χ1n) is 4.65. The van der Waals surface area contributed by atoms with Gasteiger partial charge < -0.3 is 5.32 Å². The maximum Gasteiger partial charge on any atom is 0.463 e. The molecule has 0 bridgehead atoms. The quantitative estimate of drug-likeness (QED) is 0.869. The summed E-state index contributed by atoms with van der Waals surface area (Å²) in [6.45, 7) is 2.58. The average Bonchev–Trinajstić information content (AvgIpc) is 2.67. The number of aromatic nitrogens is 1. The Bertz CT molecular complexity index is 427. The molecule has 0 atom stereocenters. The molecule has 1 aromatic rings. The van der Waals surface area contributed by atoms with E-state index >= 15 is 0 Å². The third-order valence-electron chi connectivity index (χ3n) is 2.03. The zero-order valence-electron chi connectivity index (χ0n) is 9.31. The van der Waals surface area contributed by atoms with Gasteiger partial charge in [0.15, 0.2) is 0 Å². The molecule has 0 fully saturated rings. The number of carbonyl (C=O) groups excluding carboxylic acids is 1. The van der Waals surface area contributed by atoms with E-state index in [4.69, 9.17) is 0 Å². The summed E-state index contributed by atoms with van der Waals surface area (Å²) in [5, 5.41) is 3.39. The molecule has 1 aromatic heterocycles. The van der Waals surface area contributed by atoms with Gasteiger partial charge >= 0.3 is 18.0 Å². The summed E-state index contributed by atoms with van der Waals surface area (Å²) >= 11 is 1.04. The molecule has 102 valence electrons. The van der Waals surface area contributed by atoms with Crippen molar-refractivity contribution < 1.29 is 26.7 Å². The van der Waals surface area contributed by atoms with Gasteiger partial charge in [-0.15, -0.1) is 11.3 Å². The van der Waals surface area contributed by atoms with Gasteiger partial charge in [0.1, 0.15) is 5.01 Å². The Kier molecular flexibility index (Phi) is 3.66. The molecule has 0 aliphatic rings. The second-order valence-electron chi connectivity index (χ2n) is 3.99. The van der Waals surface area contributed by atoms with E-state index in [0.717, 1.165) is 11.3 Å². The van der Waals surface area contributed by atoms with Gasteiger partial charge in [-0.3, -0.25) is 4.79 Å². The predicted molar refractivity (Wildman–Crippen MR) is 54.3 cm³/mol. The molecule has 18 heavy (non-hydrogen) atoms. The highest BCUT2D eigenvalue weighted by Gasteiger charge is 2.64. The molecular weight excluding hydrogens is 279 g/mol. The summed E-state index contributed by atoms with van der Waals surface area (Å²) < 4.78 is 61.4. The Morgan fingerprint density at radius 2 is 1.83 bits per heavy atom. The Morgan fingerprint density at radius 3 is 2.22 bits per heavy atom. The van der Waals surface area contributed by atoms with Gasteiger partial charge in [-0.25, -0.2) is 4.98 Å². The van der Waals surface area contributed by atoms with E-state index in [0.29, 0.717) is 0 Å². The van der Waals surface area contributed by atoms with Crippen LogP contribution in [0.15, 0.2) is 11.6 Å². The van der Waals surface area contributed by atoms with E-state index in [9.17, 15) is 26.7 Å². The Balaban J connectivity index is 2.89. The molecule has 3 nitrogen and oxygen atoms in total. The lowest BCUT2D eigenvalue weighted by Crippen LogP contribution is -2.55. The molecule has 0 aliphatic heterocycles. The summed E-state index contributed by atoms with van der Waals surface area (Å²) in [5.74, 6) is -7.82. The Labute approximate surface area is 103 Å². The van der Waals surface area contributed by atoms with Crippen LogP contribution in [0.25, 0.3) is 0 Å². The van der Waals surface area contributed by atoms with Crippen LogP contribution < -0.4 is 5.32 Å². The van der Waals surface area contributed by atoms with Crippen molar-refractivity contribution in [2.75, 3.05) is 0 Å². The van der Waals surface area contributed by atoms with E-state index in [1.807, 2.05) is 0 Å². The fraction of sp³-hybridized carbons (Fsp3) is 0.556. The van der Waals surface area contributed by atoms with Crippen LogP contribution in [0.5, 0.6) is 0 Å². The SMILES string of the molecule is CC(C)(NC(=O)C(F)(F)C(F)(F)F)c1nccs1. The lowest BCUT2D eigenvalue weighted by atomic mass is 10.1. The molecule has 1 rings (SSSR count). The molecule has 1 heterocycles. The van der Waals surface area contributed by atoms with Gasteiger partial charge in [0.2, 0.25) is 0 Å². The normalized spacial score (nSPS) is 13.5. The van der Waals surface area contributed by atoms with Crippen molar-refractivity contribution in [1.29, 1.82) is 0 Å². The molecule has 9 heteroatoms. The monoisotopic (exact) mass is 288 g/mol. The van der Waals surface area contributed by atoms with Crippen molar-refractivity contribution in [2.24, 2.45) is 0 Å². The standard InChI is InChI=1S/C9H9F5N2OS/c1-7(2,6-15-3-4-18-6)16-5(17)8(10,11)9(12,13)14/h3-4H,1-2H3,(H,16,17). The molecule has 1 N–H and O–H groups in total. The highest BCUT2D eigenvalue weighted by Crippen LogP contribution is 2.36. The van der Waals surface area contributed by atoms with Crippen LogP contribution >= 0.6 is 11.3 Å². The Hall–Kier alpha value is -1.25. The maximum atomic E-state index is 12.7. The Morgan fingerprint density at radius 1 is 1.28 bits per heavy atom. The van der Waals surface area contributed by atoms with E-state index in [1.54, 1.807) is 5.32 Å². The highest BCUT2D eigenvalue weighted by molar-refractivity contribution is 7.09. The number of amides is 1. The topological polar surface area (TPSA) is 42.0 Å². The van der Waals surface area contributed by atoms with Crippen LogP contribution in [0, 0.1) is 0 Å². The molecule has 0 aromatic carbocycles. The van der Waals surface area contributed by atoms with E-state index in [-0.39, 0.29) is 5.01 Å². The molecule has 0 radical (unpaired) electrons. The zero-order chi connectivity index (χ0) is 14.2. The fourth-order valence-electron chi connectivity index (χ4n) is 1.08. The first-order chi connectivity index (χ1) is 7.98. The average molecular weight is 288 g/mol. The van der Waals surface area contributed by atoms with Gasteiger partial charge in [-0.2, -0.15) is 22.0 Å². The molecule has 0 unspecified atom stereocenters. The number of hydrogen-bond donors (Lipinski definition) is 1. The number of thiazole rings is 1. The number of nitrogens with zero attached hydrogens (tertiary/aromatic N) is 1. The summed E-state index contributed by atoms with van der Waals surface area (Å²) in [4.78, 5) is 14.8. The minimum atomic E-state index is -5.92. The zero-order valence-corrected chi connectivity index (χ0v) is 10.1. The van der Waals surface area contributed by atoms with E-state index in [1.165, 1.54) is 25.4 Å². The van der Waals surface area contributed by atoms with Crippen molar-refractivity contribution in [3.8, 4) is 0 Å². The van der Waals surface area contributed by atoms with Crippen LogP contribution in [0.2, 0.25) is 0 Å². The molecule has 0 aliphatic carbocycles. The molecule has 0 saturated carbocycles.